The number of rotatable bonds is 4. The molecule has 1 aromatic carbocycles. The number of sulfonamides is 1. The highest BCUT2D eigenvalue weighted by Crippen LogP contribution is 2.39. The molecule has 1 aromatic rings. The van der Waals surface area contributed by atoms with Crippen LogP contribution >= 0.6 is 0 Å². The van der Waals surface area contributed by atoms with Gasteiger partial charge in [0.1, 0.15) is 5.75 Å². The molecule has 2 N–H and O–H groups in total. The quantitative estimate of drug-likeness (QED) is 0.914. The van der Waals surface area contributed by atoms with Crippen molar-refractivity contribution in [2.24, 2.45) is 5.73 Å². The van der Waals surface area contributed by atoms with E-state index in [2.05, 4.69) is 4.74 Å². The fraction of sp³-hybridized carbons (Fsp3) is 0.571. The van der Waals surface area contributed by atoms with Gasteiger partial charge in [-0.2, -0.15) is 13.1 Å². The summed E-state index contributed by atoms with van der Waals surface area (Å²) in [5.41, 5.74) is 5.96. The van der Waals surface area contributed by atoms with Crippen LogP contribution in [-0.4, -0.2) is 37.5 Å². The second kappa shape index (κ2) is 5.75. The van der Waals surface area contributed by atoms with Crippen LogP contribution in [0.3, 0.4) is 0 Å². The van der Waals surface area contributed by atoms with E-state index in [1.54, 1.807) is 4.31 Å². The number of nitrogens with two attached hydrogens (primary N) is 1. The van der Waals surface area contributed by atoms with Crippen molar-refractivity contribution in [2.75, 3.05) is 0 Å². The van der Waals surface area contributed by atoms with Gasteiger partial charge in [0.15, 0.2) is 0 Å². The molecule has 3 rings (SSSR count). The van der Waals surface area contributed by atoms with E-state index in [9.17, 15) is 17.2 Å². The zero-order valence-electron chi connectivity index (χ0n) is 11.9. The van der Waals surface area contributed by atoms with E-state index in [0.717, 1.165) is 12.8 Å². The van der Waals surface area contributed by atoms with Gasteiger partial charge in [-0.3, -0.25) is 0 Å². The Balaban J connectivity index is 1.84. The van der Waals surface area contributed by atoms with Gasteiger partial charge in [-0.1, -0.05) is 0 Å². The van der Waals surface area contributed by atoms with E-state index in [4.69, 9.17) is 5.73 Å². The molecule has 3 atom stereocenters. The van der Waals surface area contributed by atoms with Crippen molar-refractivity contribution in [1.82, 2.24) is 4.31 Å². The van der Waals surface area contributed by atoms with Gasteiger partial charge in [0.25, 0.3) is 0 Å². The van der Waals surface area contributed by atoms with Crippen LogP contribution in [0.2, 0.25) is 0 Å². The predicted octanol–water partition coefficient (Wildman–Crippen LogP) is 1.93. The lowest BCUT2D eigenvalue weighted by Gasteiger charge is -2.36. The number of hydrogen-bond donors (Lipinski definition) is 1. The van der Waals surface area contributed by atoms with Crippen molar-refractivity contribution < 1.29 is 21.9 Å². The van der Waals surface area contributed by atoms with E-state index in [1.807, 2.05) is 0 Å². The van der Waals surface area contributed by atoms with E-state index < -0.39 is 16.6 Å². The summed E-state index contributed by atoms with van der Waals surface area (Å²) in [7, 11) is -3.63. The van der Waals surface area contributed by atoms with Gasteiger partial charge in [0, 0.05) is 18.1 Å². The number of ether oxygens (including phenoxy) is 1. The summed E-state index contributed by atoms with van der Waals surface area (Å²) in [5, 5.41) is 0. The summed E-state index contributed by atoms with van der Waals surface area (Å²) >= 11 is 0. The number of piperidine rings is 1. The molecule has 122 valence electrons. The smallest absolute Gasteiger partial charge is 0.387 e. The molecule has 2 saturated heterocycles. The van der Waals surface area contributed by atoms with Crippen molar-refractivity contribution in [3.05, 3.63) is 24.3 Å². The maximum Gasteiger partial charge on any atom is 0.387 e. The molecular formula is C14H18F2N2O3S. The third kappa shape index (κ3) is 2.82. The minimum absolute atomic E-state index is 0.0470. The largest absolute Gasteiger partial charge is 0.435 e. The molecule has 0 aromatic heterocycles. The van der Waals surface area contributed by atoms with Crippen LogP contribution in [0.25, 0.3) is 0 Å². The topological polar surface area (TPSA) is 72.6 Å². The van der Waals surface area contributed by atoms with E-state index >= 15 is 0 Å². The summed E-state index contributed by atoms with van der Waals surface area (Å²) < 4.78 is 55.6. The van der Waals surface area contributed by atoms with Gasteiger partial charge < -0.3 is 10.5 Å². The van der Waals surface area contributed by atoms with Gasteiger partial charge >= 0.3 is 6.61 Å². The Bertz CT molecular complexity index is 622. The molecule has 1 unspecified atom stereocenters. The molecular weight excluding hydrogens is 314 g/mol. The fourth-order valence-corrected chi connectivity index (χ4v) is 5.37. The lowest BCUT2D eigenvalue weighted by Crippen LogP contribution is -2.49. The second-order valence-electron chi connectivity index (χ2n) is 5.80. The Hall–Kier alpha value is -1.25. The molecule has 2 aliphatic heterocycles. The molecule has 5 nitrogen and oxygen atoms in total. The Morgan fingerprint density at radius 1 is 1.14 bits per heavy atom. The average molecular weight is 332 g/mol. The van der Waals surface area contributed by atoms with Crippen LogP contribution < -0.4 is 10.5 Å². The maximum atomic E-state index is 12.8. The molecule has 2 bridgehead atoms. The van der Waals surface area contributed by atoms with Crippen LogP contribution in [0.5, 0.6) is 5.75 Å². The van der Waals surface area contributed by atoms with Crippen molar-refractivity contribution in [2.45, 2.75) is 55.3 Å². The van der Waals surface area contributed by atoms with Gasteiger partial charge in [0.05, 0.1) is 4.90 Å². The fourth-order valence-electron chi connectivity index (χ4n) is 3.48. The summed E-state index contributed by atoms with van der Waals surface area (Å²) in [6.07, 6.45) is 2.99. The number of halogens is 2. The molecule has 0 saturated carbocycles. The van der Waals surface area contributed by atoms with Crippen LogP contribution in [0.1, 0.15) is 25.7 Å². The summed E-state index contributed by atoms with van der Waals surface area (Å²) in [6, 6.07) is 5.03. The highest BCUT2D eigenvalue weighted by molar-refractivity contribution is 7.89. The Morgan fingerprint density at radius 2 is 1.68 bits per heavy atom. The zero-order valence-corrected chi connectivity index (χ0v) is 12.7. The molecule has 0 radical (unpaired) electrons. The van der Waals surface area contributed by atoms with Crippen molar-refractivity contribution in [3.63, 3.8) is 0 Å². The van der Waals surface area contributed by atoms with Gasteiger partial charge in [-0.25, -0.2) is 8.42 Å². The molecule has 2 heterocycles. The van der Waals surface area contributed by atoms with Crippen molar-refractivity contribution >= 4 is 10.0 Å². The lowest BCUT2D eigenvalue weighted by molar-refractivity contribution is -0.0498. The Labute approximate surface area is 128 Å². The number of hydrogen-bond acceptors (Lipinski definition) is 4. The van der Waals surface area contributed by atoms with E-state index in [-0.39, 0.29) is 28.8 Å². The molecule has 0 amide bonds. The predicted molar refractivity (Wildman–Crippen MR) is 76.1 cm³/mol. The molecule has 22 heavy (non-hydrogen) atoms. The summed E-state index contributed by atoms with van der Waals surface area (Å²) in [4.78, 5) is 0.0986. The third-order valence-corrected chi connectivity index (χ3v) is 6.35. The number of nitrogens with zero attached hydrogens (tertiary/aromatic N) is 1. The first-order chi connectivity index (χ1) is 10.4. The Kier molecular flexibility index (Phi) is 4.09. The van der Waals surface area contributed by atoms with Crippen LogP contribution in [-0.2, 0) is 10.0 Å². The zero-order chi connectivity index (χ0) is 15.9. The van der Waals surface area contributed by atoms with Gasteiger partial charge in [-0.05, 0) is 49.9 Å². The first-order valence-corrected chi connectivity index (χ1v) is 8.66. The van der Waals surface area contributed by atoms with Gasteiger partial charge in [0.2, 0.25) is 10.0 Å². The minimum atomic E-state index is -3.63. The second-order valence-corrected chi connectivity index (χ2v) is 7.64. The number of fused-ring (bicyclic) bond motifs is 2. The number of benzene rings is 1. The molecule has 0 aliphatic carbocycles. The monoisotopic (exact) mass is 332 g/mol. The Morgan fingerprint density at radius 3 is 2.18 bits per heavy atom. The molecule has 8 heteroatoms. The van der Waals surface area contributed by atoms with Crippen LogP contribution in [0, 0.1) is 0 Å². The van der Waals surface area contributed by atoms with E-state index in [0.29, 0.717) is 12.8 Å². The lowest BCUT2D eigenvalue weighted by atomic mass is 10.0. The van der Waals surface area contributed by atoms with Crippen molar-refractivity contribution in [3.8, 4) is 5.75 Å². The minimum Gasteiger partial charge on any atom is -0.435 e. The first-order valence-electron chi connectivity index (χ1n) is 7.22. The highest BCUT2D eigenvalue weighted by atomic mass is 32.2. The highest BCUT2D eigenvalue weighted by Gasteiger charge is 2.46. The molecule has 2 fully saturated rings. The normalized spacial score (nSPS) is 29.0. The molecule has 0 spiro atoms. The molecule has 2 aliphatic rings. The number of alkyl halides is 2. The van der Waals surface area contributed by atoms with Gasteiger partial charge in [-0.15, -0.1) is 0 Å². The average Bonchev–Trinajstić information content (AvgIpc) is 2.72. The first kappa shape index (κ1) is 15.6. The van der Waals surface area contributed by atoms with Crippen LogP contribution in [0.4, 0.5) is 8.78 Å². The van der Waals surface area contributed by atoms with Crippen LogP contribution in [0.15, 0.2) is 29.2 Å². The van der Waals surface area contributed by atoms with E-state index in [1.165, 1.54) is 24.3 Å². The summed E-state index contributed by atoms with van der Waals surface area (Å²) in [5.74, 6) is -0.0578. The maximum absolute atomic E-state index is 12.8. The standard InChI is InChI=1S/C14H18F2N2O3S/c15-14(16)21-12-3-5-13(6-4-12)22(19,20)18-10-1-2-11(18)8-9(17)7-10/h3-6,9-11,14H,1-2,7-8,17H2/t9-,10-,11?/m0/s1. The van der Waals surface area contributed by atoms with Crippen molar-refractivity contribution in [1.29, 1.82) is 0 Å². The third-order valence-electron chi connectivity index (χ3n) is 4.33. The summed E-state index contributed by atoms with van der Waals surface area (Å²) in [6.45, 7) is -2.93. The SMILES string of the molecule is N[C@@H]1CC2CC[C@@H](C1)N2S(=O)(=O)c1ccc(OC(F)F)cc1.